The molecule has 314 valence electrons. The Bertz CT molecular complexity index is 1660. The van der Waals surface area contributed by atoms with Crippen LogP contribution in [0.25, 0.3) is 0 Å². The highest BCUT2D eigenvalue weighted by Crippen LogP contribution is 2.15. The number of hydrogen-bond donors (Lipinski definition) is 12. The van der Waals surface area contributed by atoms with Crippen LogP contribution in [0.3, 0.4) is 0 Å². The number of phenolic OH excluding ortho intramolecular Hbond substituents is 2. The summed E-state index contributed by atoms with van der Waals surface area (Å²) in [5.41, 5.74) is 12.6. The molecule has 0 saturated carbocycles. The Morgan fingerprint density at radius 2 is 1.12 bits per heavy atom. The molecule has 2 aromatic rings. The van der Waals surface area contributed by atoms with E-state index >= 15 is 0 Å². The molecule has 6 amide bonds. The molecular formula is C38H56N8O11. The summed E-state index contributed by atoms with van der Waals surface area (Å²) in [6, 6.07) is 3.74. The Balaban J connectivity index is 2.34. The van der Waals surface area contributed by atoms with Gasteiger partial charge in [0.05, 0.1) is 12.6 Å². The largest absolute Gasteiger partial charge is 0.508 e. The molecular weight excluding hydrogens is 744 g/mol. The van der Waals surface area contributed by atoms with Crippen molar-refractivity contribution in [1.82, 2.24) is 31.9 Å². The third-order valence-electron chi connectivity index (χ3n) is 9.10. The summed E-state index contributed by atoms with van der Waals surface area (Å²) < 4.78 is 0. The lowest BCUT2D eigenvalue weighted by molar-refractivity contribution is -0.138. The van der Waals surface area contributed by atoms with Crippen LogP contribution in [0.5, 0.6) is 11.5 Å². The predicted octanol–water partition coefficient (Wildman–Crippen LogP) is -1.98. The van der Waals surface area contributed by atoms with Crippen LogP contribution < -0.4 is 43.4 Å². The van der Waals surface area contributed by atoms with Crippen LogP contribution in [-0.4, -0.2) is 118 Å². The van der Waals surface area contributed by atoms with Crippen LogP contribution in [0.4, 0.5) is 0 Å². The van der Waals surface area contributed by atoms with Crippen LogP contribution in [0.1, 0.15) is 57.6 Å². The van der Waals surface area contributed by atoms with Crippen LogP contribution in [0, 0.1) is 5.92 Å². The average molecular weight is 801 g/mol. The van der Waals surface area contributed by atoms with Crippen LogP contribution in [-0.2, 0) is 46.4 Å². The number of carbonyl (C=O) groups is 7. The molecule has 14 N–H and O–H groups in total. The third-order valence-corrected chi connectivity index (χ3v) is 9.10. The second kappa shape index (κ2) is 24.0. The van der Waals surface area contributed by atoms with E-state index in [-0.39, 0.29) is 24.3 Å². The standard InChI is InChI=1S/C38H56N8O11/c1-4-21(2)32(46-34(53)27(40)7-5-6-16-39)38(57)44-29(18-24-10-14-26(49)15-11-24)36(55)45-30(20-47)37(56)43-28(17-23-8-12-25(48)13-9-23)35(54)42-22(3)33(52)41-19-31(50)51/h8-15,21-22,27-30,32,47-49H,4-7,16-20,39-40H2,1-3H3,(H,41,52)(H,42,54)(H,43,56)(H,44,57)(H,45,55)(H,46,53)(H,50,51)/t21-,22-,27-,28-,29-,30-,32-/m0/s1. The van der Waals surface area contributed by atoms with Crippen molar-refractivity contribution in [2.24, 2.45) is 17.4 Å². The number of carboxylic acids is 1. The first kappa shape index (κ1) is 47.4. The van der Waals surface area contributed by atoms with Gasteiger partial charge in [-0.1, -0.05) is 51.0 Å². The molecule has 19 heteroatoms. The zero-order chi connectivity index (χ0) is 42.7. The molecule has 0 aliphatic rings. The second-order valence-corrected chi connectivity index (χ2v) is 13.7. The van der Waals surface area contributed by atoms with Gasteiger partial charge in [0, 0.05) is 12.8 Å². The molecule has 7 atom stereocenters. The molecule has 0 fully saturated rings. The molecule has 2 rings (SSSR count). The fourth-order valence-electron chi connectivity index (χ4n) is 5.45. The number of aromatic hydroxyl groups is 2. The normalized spacial score (nSPS) is 14.6. The Morgan fingerprint density at radius 1 is 0.649 bits per heavy atom. The molecule has 0 saturated heterocycles. The van der Waals surface area contributed by atoms with E-state index in [9.17, 15) is 48.9 Å². The molecule has 0 aliphatic carbocycles. The summed E-state index contributed by atoms with van der Waals surface area (Å²) in [7, 11) is 0. The van der Waals surface area contributed by atoms with Gasteiger partial charge in [0.25, 0.3) is 0 Å². The van der Waals surface area contributed by atoms with E-state index in [4.69, 9.17) is 16.6 Å². The van der Waals surface area contributed by atoms with E-state index in [1.807, 2.05) is 6.92 Å². The van der Waals surface area contributed by atoms with Crippen molar-refractivity contribution in [3.8, 4) is 11.5 Å². The third kappa shape index (κ3) is 16.5. The second-order valence-electron chi connectivity index (χ2n) is 13.7. The zero-order valence-electron chi connectivity index (χ0n) is 32.3. The van der Waals surface area contributed by atoms with E-state index in [0.29, 0.717) is 43.4 Å². The molecule has 57 heavy (non-hydrogen) atoms. The number of carboxylic acid groups (broad SMARTS) is 1. The molecule has 0 spiro atoms. The highest BCUT2D eigenvalue weighted by Gasteiger charge is 2.34. The molecule has 19 nitrogen and oxygen atoms in total. The maximum Gasteiger partial charge on any atom is 0.322 e. The number of aliphatic carboxylic acids is 1. The minimum Gasteiger partial charge on any atom is -0.508 e. The smallest absolute Gasteiger partial charge is 0.322 e. The molecule has 2 aromatic carbocycles. The predicted molar refractivity (Wildman–Crippen MR) is 207 cm³/mol. The fraction of sp³-hybridized carbons (Fsp3) is 0.500. The zero-order valence-corrected chi connectivity index (χ0v) is 32.3. The lowest BCUT2D eigenvalue weighted by Gasteiger charge is -2.28. The van der Waals surface area contributed by atoms with Crippen molar-refractivity contribution < 1.29 is 54.0 Å². The van der Waals surface area contributed by atoms with Crippen LogP contribution in [0.15, 0.2) is 48.5 Å². The minimum absolute atomic E-state index is 0.0515. The van der Waals surface area contributed by atoms with Gasteiger partial charge in [-0.05, 0) is 67.6 Å². The van der Waals surface area contributed by atoms with E-state index < -0.39 is 96.7 Å². The summed E-state index contributed by atoms with van der Waals surface area (Å²) >= 11 is 0. The lowest BCUT2D eigenvalue weighted by Crippen LogP contribution is -2.61. The average Bonchev–Trinajstić information content (AvgIpc) is 3.18. The molecule has 0 bridgehead atoms. The lowest BCUT2D eigenvalue weighted by atomic mass is 9.96. The number of unbranched alkanes of at least 4 members (excludes halogenated alkanes) is 1. The number of nitrogens with one attached hydrogen (secondary N) is 6. The summed E-state index contributed by atoms with van der Waals surface area (Å²) in [5, 5.41) is 53.4. The number of carbonyl (C=O) groups excluding carboxylic acids is 6. The first-order chi connectivity index (χ1) is 27.0. The summed E-state index contributed by atoms with van der Waals surface area (Å²) in [4.78, 5) is 90.8. The first-order valence-electron chi connectivity index (χ1n) is 18.6. The van der Waals surface area contributed by atoms with Gasteiger partial charge in [0.2, 0.25) is 35.4 Å². The van der Waals surface area contributed by atoms with Gasteiger partial charge in [-0.25, -0.2) is 0 Å². The highest BCUT2D eigenvalue weighted by atomic mass is 16.4. The fourth-order valence-corrected chi connectivity index (χ4v) is 5.45. The summed E-state index contributed by atoms with van der Waals surface area (Å²) in [6.45, 7) is 3.63. The van der Waals surface area contributed by atoms with Crippen LogP contribution >= 0.6 is 0 Å². The number of nitrogens with two attached hydrogens (primary N) is 2. The highest BCUT2D eigenvalue weighted by molar-refractivity contribution is 5.97. The Labute approximate surface area is 330 Å². The van der Waals surface area contributed by atoms with Gasteiger partial charge in [0.15, 0.2) is 0 Å². The summed E-state index contributed by atoms with van der Waals surface area (Å²) in [6.07, 6.45) is 1.75. The quantitative estimate of drug-likeness (QED) is 0.0513. The molecule has 0 aromatic heterocycles. The van der Waals surface area contributed by atoms with Crippen LogP contribution in [0.2, 0.25) is 0 Å². The van der Waals surface area contributed by atoms with Crippen molar-refractivity contribution in [2.75, 3.05) is 19.7 Å². The number of aliphatic hydroxyl groups is 1. The maximum absolute atomic E-state index is 13.9. The van der Waals surface area contributed by atoms with Crippen molar-refractivity contribution in [1.29, 1.82) is 0 Å². The SMILES string of the molecule is CC[C@H](C)[C@H](NC(=O)[C@@H](N)CCCCN)C(=O)N[C@@H](Cc1ccc(O)cc1)C(=O)N[C@@H](CO)C(=O)N[C@@H](Cc1ccc(O)cc1)C(=O)N[C@@H](C)C(=O)NCC(=O)O. The number of phenols is 2. The van der Waals surface area contributed by atoms with Crippen molar-refractivity contribution >= 4 is 41.4 Å². The van der Waals surface area contributed by atoms with E-state index in [0.717, 1.165) is 0 Å². The minimum atomic E-state index is -1.67. The van der Waals surface area contributed by atoms with Gasteiger partial charge in [-0.2, -0.15) is 0 Å². The van der Waals surface area contributed by atoms with Gasteiger partial charge in [-0.15, -0.1) is 0 Å². The number of amides is 6. The van der Waals surface area contributed by atoms with E-state index in [1.54, 1.807) is 6.92 Å². The van der Waals surface area contributed by atoms with Gasteiger partial charge in [0.1, 0.15) is 48.3 Å². The maximum atomic E-state index is 13.9. The van der Waals surface area contributed by atoms with Crippen molar-refractivity contribution in [3.63, 3.8) is 0 Å². The van der Waals surface area contributed by atoms with Gasteiger partial charge >= 0.3 is 5.97 Å². The van der Waals surface area contributed by atoms with Crippen molar-refractivity contribution in [3.05, 3.63) is 59.7 Å². The van der Waals surface area contributed by atoms with E-state index in [2.05, 4.69) is 31.9 Å². The molecule has 0 radical (unpaired) electrons. The molecule has 0 heterocycles. The first-order valence-corrected chi connectivity index (χ1v) is 18.6. The number of aliphatic hydroxyl groups excluding tert-OH is 1. The Hall–Kier alpha value is -5.79. The summed E-state index contributed by atoms with van der Waals surface area (Å²) in [5.74, 6) is -6.73. The van der Waals surface area contributed by atoms with Gasteiger partial charge in [-0.3, -0.25) is 33.6 Å². The Morgan fingerprint density at radius 3 is 1.60 bits per heavy atom. The topological polar surface area (TPSA) is 325 Å². The Kier molecular flexibility index (Phi) is 19.9. The molecule has 0 unspecified atom stereocenters. The van der Waals surface area contributed by atoms with E-state index in [1.165, 1.54) is 55.5 Å². The number of benzene rings is 2. The molecule has 0 aliphatic heterocycles. The van der Waals surface area contributed by atoms with Gasteiger partial charge < -0.3 is 63.8 Å². The van der Waals surface area contributed by atoms with Crippen molar-refractivity contribution in [2.45, 2.75) is 95.5 Å². The monoisotopic (exact) mass is 800 g/mol. The number of hydrogen-bond acceptors (Lipinski definition) is 12. The number of rotatable bonds is 24.